The van der Waals surface area contributed by atoms with E-state index in [0.717, 1.165) is 13.0 Å². The van der Waals surface area contributed by atoms with E-state index >= 15 is 0 Å². The lowest BCUT2D eigenvalue weighted by Crippen LogP contribution is -2.22. The van der Waals surface area contributed by atoms with Crippen LogP contribution in [0.5, 0.6) is 0 Å². The zero-order chi connectivity index (χ0) is 11.7. The highest BCUT2D eigenvalue weighted by Crippen LogP contribution is 2.32. The second kappa shape index (κ2) is 4.22. The van der Waals surface area contributed by atoms with Crippen LogP contribution in [-0.4, -0.2) is 11.5 Å². The average Bonchev–Trinajstić information content (AvgIpc) is 2.50. The van der Waals surface area contributed by atoms with Gasteiger partial charge in [-0.2, -0.15) is 0 Å². The smallest absolute Gasteiger partial charge is 0.0985 e. The van der Waals surface area contributed by atoms with Gasteiger partial charge in [0, 0.05) is 16.2 Å². The Kier molecular flexibility index (Phi) is 3.56. The van der Waals surface area contributed by atoms with Crippen molar-refractivity contribution in [1.82, 2.24) is 4.98 Å². The van der Waals surface area contributed by atoms with Gasteiger partial charge in [0.15, 0.2) is 0 Å². The van der Waals surface area contributed by atoms with Crippen molar-refractivity contribution in [3.8, 4) is 0 Å². The summed E-state index contributed by atoms with van der Waals surface area (Å²) in [5, 5.41) is 3.38. The van der Waals surface area contributed by atoms with E-state index in [4.69, 9.17) is 10.7 Å². The molecule has 0 radical (unpaired) electrons. The van der Waals surface area contributed by atoms with Crippen molar-refractivity contribution in [2.75, 3.05) is 6.54 Å². The Morgan fingerprint density at radius 1 is 1.27 bits per heavy atom. The maximum atomic E-state index is 5.62. The molecule has 0 aliphatic rings. The van der Waals surface area contributed by atoms with Crippen molar-refractivity contribution in [2.45, 2.75) is 51.9 Å². The van der Waals surface area contributed by atoms with Crippen LogP contribution in [0.4, 0.5) is 0 Å². The van der Waals surface area contributed by atoms with Crippen LogP contribution in [0.2, 0.25) is 0 Å². The number of nitrogens with zero attached hydrogens (tertiary/aromatic N) is 1. The molecule has 86 valence electrons. The molecule has 3 heteroatoms. The van der Waals surface area contributed by atoms with E-state index in [1.165, 1.54) is 10.7 Å². The molecule has 1 aromatic rings. The van der Waals surface area contributed by atoms with E-state index in [9.17, 15) is 0 Å². The van der Waals surface area contributed by atoms with Crippen molar-refractivity contribution in [1.29, 1.82) is 0 Å². The minimum Gasteiger partial charge on any atom is -0.330 e. The Bertz CT molecular complexity index is 321. The van der Waals surface area contributed by atoms with Gasteiger partial charge in [0.05, 0.1) is 10.7 Å². The Balaban J connectivity index is 2.94. The summed E-state index contributed by atoms with van der Waals surface area (Å²) >= 11 is 1.76. The number of aromatic nitrogens is 1. The first-order valence-corrected chi connectivity index (χ1v) is 6.32. The first-order valence-electron chi connectivity index (χ1n) is 5.44. The van der Waals surface area contributed by atoms with Crippen molar-refractivity contribution >= 4 is 11.3 Å². The monoisotopic (exact) mass is 226 g/mol. The maximum Gasteiger partial charge on any atom is 0.0985 e. The zero-order valence-electron chi connectivity index (χ0n) is 10.4. The van der Waals surface area contributed by atoms with Gasteiger partial charge in [0.2, 0.25) is 0 Å². The van der Waals surface area contributed by atoms with Crippen LogP contribution in [0.25, 0.3) is 0 Å². The first-order chi connectivity index (χ1) is 6.77. The van der Waals surface area contributed by atoms with E-state index in [0.29, 0.717) is 0 Å². The second-order valence-corrected chi connectivity index (χ2v) is 6.57. The molecule has 2 nitrogen and oxygen atoms in total. The largest absolute Gasteiger partial charge is 0.330 e. The fourth-order valence-corrected chi connectivity index (χ4v) is 2.60. The molecule has 0 amide bonds. The SMILES string of the molecule is CC(C)(C)c1csc(C(C)(C)CCN)n1. The Hall–Kier alpha value is -0.410. The molecule has 0 aromatic carbocycles. The molecule has 0 saturated heterocycles. The van der Waals surface area contributed by atoms with E-state index in [2.05, 4.69) is 40.0 Å². The average molecular weight is 226 g/mol. The number of thiazole rings is 1. The normalized spacial score (nSPS) is 13.2. The molecule has 0 spiro atoms. The summed E-state index contributed by atoms with van der Waals surface area (Å²) in [6.07, 6.45) is 0.990. The fourth-order valence-electron chi connectivity index (χ4n) is 1.40. The quantitative estimate of drug-likeness (QED) is 0.860. The standard InChI is InChI=1S/C12H22N2S/c1-11(2,3)9-8-15-10(14-9)12(4,5)6-7-13/h8H,6-7,13H2,1-5H3. The molecule has 0 aliphatic heterocycles. The van der Waals surface area contributed by atoms with Gasteiger partial charge < -0.3 is 5.73 Å². The van der Waals surface area contributed by atoms with Gasteiger partial charge in [0.25, 0.3) is 0 Å². The van der Waals surface area contributed by atoms with Gasteiger partial charge in [0.1, 0.15) is 0 Å². The summed E-state index contributed by atoms with van der Waals surface area (Å²) in [6, 6.07) is 0. The number of hydrogen-bond acceptors (Lipinski definition) is 3. The van der Waals surface area contributed by atoms with E-state index in [1.54, 1.807) is 11.3 Å². The van der Waals surface area contributed by atoms with Crippen LogP contribution in [0.15, 0.2) is 5.38 Å². The fraction of sp³-hybridized carbons (Fsp3) is 0.750. The summed E-state index contributed by atoms with van der Waals surface area (Å²) in [5.41, 5.74) is 7.07. The van der Waals surface area contributed by atoms with Gasteiger partial charge in [-0.05, 0) is 13.0 Å². The third-order valence-electron chi connectivity index (χ3n) is 2.62. The lowest BCUT2D eigenvalue weighted by atomic mass is 9.89. The lowest BCUT2D eigenvalue weighted by Gasteiger charge is -2.21. The molecule has 0 saturated carbocycles. The van der Waals surface area contributed by atoms with E-state index in [1.807, 2.05) is 0 Å². The van der Waals surface area contributed by atoms with Crippen molar-refractivity contribution in [3.63, 3.8) is 0 Å². The highest BCUT2D eigenvalue weighted by atomic mass is 32.1. The third-order valence-corrected chi connectivity index (χ3v) is 3.83. The molecule has 2 N–H and O–H groups in total. The van der Waals surface area contributed by atoms with Crippen LogP contribution in [0.3, 0.4) is 0 Å². The predicted octanol–water partition coefficient (Wildman–Crippen LogP) is 3.07. The molecule has 0 bridgehead atoms. The van der Waals surface area contributed by atoms with Crippen LogP contribution in [0.1, 0.15) is 51.7 Å². The number of nitrogens with two attached hydrogens (primary N) is 1. The predicted molar refractivity (Wildman–Crippen MR) is 67.5 cm³/mol. The Morgan fingerprint density at radius 2 is 1.87 bits per heavy atom. The van der Waals surface area contributed by atoms with Gasteiger partial charge in [-0.25, -0.2) is 4.98 Å². The van der Waals surface area contributed by atoms with Crippen LogP contribution < -0.4 is 5.73 Å². The van der Waals surface area contributed by atoms with Crippen LogP contribution in [0, 0.1) is 0 Å². The highest BCUT2D eigenvalue weighted by molar-refractivity contribution is 7.09. The molecular weight excluding hydrogens is 204 g/mol. The summed E-state index contributed by atoms with van der Waals surface area (Å²) in [7, 11) is 0. The molecule has 1 aromatic heterocycles. The first kappa shape index (κ1) is 12.7. The van der Waals surface area contributed by atoms with Gasteiger partial charge in [-0.3, -0.25) is 0 Å². The second-order valence-electron chi connectivity index (χ2n) is 5.71. The lowest BCUT2D eigenvalue weighted by molar-refractivity contribution is 0.478. The van der Waals surface area contributed by atoms with E-state index < -0.39 is 0 Å². The zero-order valence-corrected chi connectivity index (χ0v) is 11.2. The minimum absolute atomic E-state index is 0.114. The third kappa shape index (κ3) is 3.02. The van der Waals surface area contributed by atoms with Crippen molar-refractivity contribution in [3.05, 3.63) is 16.1 Å². The van der Waals surface area contributed by atoms with Gasteiger partial charge in [-0.1, -0.05) is 34.6 Å². The molecule has 15 heavy (non-hydrogen) atoms. The molecule has 0 unspecified atom stereocenters. The summed E-state index contributed by atoms with van der Waals surface area (Å²) in [5.74, 6) is 0. The number of rotatable bonds is 3. The Labute approximate surface area is 96.9 Å². The van der Waals surface area contributed by atoms with Gasteiger partial charge >= 0.3 is 0 Å². The maximum absolute atomic E-state index is 5.62. The molecule has 0 aliphatic carbocycles. The molecule has 0 fully saturated rings. The van der Waals surface area contributed by atoms with E-state index in [-0.39, 0.29) is 10.8 Å². The molecule has 0 atom stereocenters. The molecule has 1 rings (SSSR count). The summed E-state index contributed by atoms with van der Waals surface area (Å²) in [4.78, 5) is 4.73. The summed E-state index contributed by atoms with van der Waals surface area (Å²) in [6.45, 7) is 11.7. The van der Waals surface area contributed by atoms with Crippen molar-refractivity contribution < 1.29 is 0 Å². The Morgan fingerprint density at radius 3 is 2.27 bits per heavy atom. The minimum atomic E-state index is 0.114. The summed E-state index contributed by atoms with van der Waals surface area (Å²) < 4.78 is 0. The van der Waals surface area contributed by atoms with Crippen molar-refractivity contribution in [2.24, 2.45) is 5.73 Å². The highest BCUT2D eigenvalue weighted by Gasteiger charge is 2.26. The number of hydrogen-bond donors (Lipinski definition) is 1. The van der Waals surface area contributed by atoms with Crippen LogP contribution >= 0.6 is 11.3 Å². The molecular formula is C12H22N2S. The molecule has 1 heterocycles. The topological polar surface area (TPSA) is 38.9 Å². The van der Waals surface area contributed by atoms with Crippen LogP contribution in [-0.2, 0) is 10.8 Å². The van der Waals surface area contributed by atoms with Gasteiger partial charge in [-0.15, -0.1) is 11.3 Å².